The van der Waals surface area contributed by atoms with E-state index >= 15 is 0 Å². The fourth-order valence-electron chi connectivity index (χ4n) is 3.18. The zero-order valence-corrected chi connectivity index (χ0v) is 12.8. The molecule has 0 aromatic carbocycles. The molecule has 2 nitrogen and oxygen atoms in total. The Kier molecular flexibility index (Phi) is 9.15. The Morgan fingerprint density at radius 1 is 0.947 bits per heavy atom. The molecule has 1 aliphatic rings. The normalized spacial score (nSPS) is 24.1. The highest BCUT2D eigenvalue weighted by atomic mass is 16.1. The maximum Gasteiger partial charge on any atom is 0.137 e. The van der Waals surface area contributed by atoms with Crippen molar-refractivity contribution in [3.63, 3.8) is 0 Å². The minimum Gasteiger partial charge on any atom is -0.327 e. The van der Waals surface area contributed by atoms with Crippen LogP contribution in [0.15, 0.2) is 0 Å². The van der Waals surface area contributed by atoms with Crippen LogP contribution >= 0.6 is 0 Å². The first kappa shape index (κ1) is 16.7. The van der Waals surface area contributed by atoms with Crippen molar-refractivity contribution in [3.8, 4) is 0 Å². The average molecular weight is 267 g/mol. The molecule has 1 fully saturated rings. The van der Waals surface area contributed by atoms with Crippen LogP contribution in [0.1, 0.15) is 90.4 Å². The highest BCUT2D eigenvalue weighted by Crippen LogP contribution is 2.24. The summed E-state index contributed by atoms with van der Waals surface area (Å²) in [5.41, 5.74) is 6.14. The van der Waals surface area contributed by atoms with Gasteiger partial charge in [0.05, 0.1) is 0 Å². The van der Waals surface area contributed by atoms with Gasteiger partial charge in [-0.1, -0.05) is 64.7 Å². The second kappa shape index (κ2) is 10.4. The van der Waals surface area contributed by atoms with Crippen LogP contribution < -0.4 is 5.73 Å². The Morgan fingerprint density at radius 3 is 2.32 bits per heavy atom. The molecule has 19 heavy (non-hydrogen) atoms. The van der Waals surface area contributed by atoms with Crippen LogP contribution in [0.25, 0.3) is 0 Å². The Balaban J connectivity index is 2.09. The van der Waals surface area contributed by atoms with Crippen molar-refractivity contribution < 1.29 is 4.79 Å². The summed E-state index contributed by atoms with van der Waals surface area (Å²) in [6.07, 6.45) is 15.5. The average Bonchev–Trinajstić information content (AvgIpc) is 2.62. The Hall–Kier alpha value is -0.370. The third kappa shape index (κ3) is 7.10. The molecular weight excluding hydrogens is 234 g/mol. The van der Waals surface area contributed by atoms with E-state index in [0.29, 0.717) is 5.78 Å². The van der Waals surface area contributed by atoms with E-state index in [1.54, 1.807) is 0 Å². The van der Waals surface area contributed by atoms with Crippen molar-refractivity contribution in [3.05, 3.63) is 0 Å². The molecule has 0 bridgehead atoms. The standard InChI is InChI=1S/C17H33NO/c1-2-3-4-5-6-7-11-14-17(19)15-12-9-8-10-13-16(15)18/h15-16H,2-14,18H2,1H3. The zero-order valence-electron chi connectivity index (χ0n) is 12.8. The summed E-state index contributed by atoms with van der Waals surface area (Å²) in [7, 11) is 0. The summed E-state index contributed by atoms with van der Waals surface area (Å²) in [6.45, 7) is 2.24. The van der Waals surface area contributed by atoms with Crippen molar-refractivity contribution in [1.29, 1.82) is 0 Å². The first-order chi connectivity index (χ1) is 9.25. The van der Waals surface area contributed by atoms with Crippen molar-refractivity contribution in [2.45, 2.75) is 96.4 Å². The predicted octanol–water partition coefficient (Wildman–Crippen LogP) is 4.60. The minimum absolute atomic E-state index is 0.138. The first-order valence-electron chi connectivity index (χ1n) is 8.54. The van der Waals surface area contributed by atoms with Gasteiger partial charge in [-0.15, -0.1) is 0 Å². The molecule has 1 rings (SSSR count). The number of nitrogens with two attached hydrogens (primary N) is 1. The van der Waals surface area contributed by atoms with Crippen molar-refractivity contribution in [1.82, 2.24) is 0 Å². The molecule has 0 aliphatic heterocycles. The van der Waals surface area contributed by atoms with Crippen molar-refractivity contribution in [2.75, 3.05) is 0 Å². The largest absolute Gasteiger partial charge is 0.327 e. The SMILES string of the molecule is CCCCCCCCCC(=O)C1CCCCCC1N. The van der Waals surface area contributed by atoms with E-state index in [1.165, 1.54) is 57.8 Å². The number of hydrogen-bond donors (Lipinski definition) is 1. The van der Waals surface area contributed by atoms with Gasteiger partial charge < -0.3 is 5.73 Å². The van der Waals surface area contributed by atoms with Crippen molar-refractivity contribution >= 4 is 5.78 Å². The van der Waals surface area contributed by atoms with Gasteiger partial charge in [-0.25, -0.2) is 0 Å². The lowest BCUT2D eigenvalue weighted by Gasteiger charge is -2.19. The molecule has 2 unspecified atom stereocenters. The van der Waals surface area contributed by atoms with E-state index in [4.69, 9.17) is 5.73 Å². The highest BCUT2D eigenvalue weighted by Gasteiger charge is 2.26. The molecule has 0 amide bonds. The third-order valence-corrected chi connectivity index (χ3v) is 4.51. The molecular formula is C17H33NO. The summed E-state index contributed by atoms with van der Waals surface area (Å²) in [4.78, 5) is 12.2. The molecule has 0 radical (unpaired) electrons. The smallest absolute Gasteiger partial charge is 0.137 e. The second-order valence-corrected chi connectivity index (χ2v) is 6.25. The predicted molar refractivity (Wildman–Crippen MR) is 82.2 cm³/mol. The second-order valence-electron chi connectivity index (χ2n) is 6.25. The van der Waals surface area contributed by atoms with E-state index in [1.807, 2.05) is 0 Å². The van der Waals surface area contributed by atoms with Crippen LogP contribution in [-0.4, -0.2) is 11.8 Å². The molecule has 1 saturated carbocycles. The van der Waals surface area contributed by atoms with Gasteiger partial charge in [-0.2, -0.15) is 0 Å². The maximum absolute atomic E-state index is 12.2. The minimum atomic E-state index is 0.138. The van der Waals surface area contributed by atoms with E-state index in [-0.39, 0.29) is 12.0 Å². The lowest BCUT2D eigenvalue weighted by atomic mass is 9.88. The number of rotatable bonds is 9. The summed E-state index contributed by atoms with van der Waals surface area (Å²) in [5, 5.41) is 0. The van der Waals surface area contributed by atoms with E-state index in [9.17, 15) is 4.79 Å². The van der Waals surface area contributed by atoms with Gasteiger partial charge in [0.25, 0.3) is 0 Å². The quantitative estimate of drug-likeness (QED) is 0.490. The maximum atomic E-state index is 12.2. The monoisotopic (exact) mass is 267 g/mol. The number of carbonyl (C=O) groups excluding carboxylic acids is 1. The molecule has 0 aromatic heterocycles. The molecule has 0 aromatic rings. The van der Waals surface area contributed by atoms with E-state index < -0.39 is 0 Å². The lowest BCUT2D eigenvalue weighted by Crippen LogP contribution is -2.34. The molecule has 0 saturated heterocycles. The van der Waals surface area contributed by atoms with Crippen LogP contribution in [0.4, 0.5) is 0 Å². The Bertz CT molecular complexity index is 239. The molecule has 112 valence electrons. The van der Waals surface area contributed by atoms with Crippen LogP contribution in [0.5, 0.6) is 0 Å². The molecule has 0 spiro atoms. The van der Waals surface area contributed by atoms with Gasteiger partial charge in [0.2, 0.25) is 0 Å². The fraction of sp³-hybridized carbons (Fsp3) is 0.941. The summed E-state index contributed by atoms with van der Waals surface area (Å²) < 4.78 is 0. The number of carbonyl (C=O) groups is 1. The molecule has 2 atom stereocenters. The van der Waals surface area contributed by atoms with Crippen LogP contribution in [0, 0.1) is 5.92 Å². The molecule has 2 heteroatoms. The summed E-state index contributed by atoms with van der Waals surface area (Å²) in [5.74, 6) is 0.616. The van der Waals surface area contributed by atoms with Gasteiger partial charge >= 0.3 is 0 Å². The van der Waals surface area contributed by atoms with Crippen LogP contribution in [0.3, 0.4) is 0 Å². The summed E-state index contributed by atoms with van der Waals surface area (Å²) >= 11 is 0. The lowest BCUT2D eigenvalue weighted by molar-refractivity contribution is -0.123. The van der Waals surface area contributed by atoms with Crippen molar-refractivity contribution in [2.24, 2.45) is 11.7 Å². The third-order valence-electron chi connectivity index (χ3n) is 4.51. The number of unbranched alkanes of at least 4 members (excludes halogenated alkanes) is 6. The van der Waals surface area contributed by atoms with Gasteiger partial charge in [0, 0.05) is 18.4 Å². The highest BCUT2D eigenvalue weighted by molar-refractivity contribution is 5.81. The first-order valence-corrected chi connectivity index (χ1v) is 8.54. The van der Waals surface area contributed by atoms with E-state index in [2.05, 4.69) is 6.92 Å². The van der Waals surface area contributed by atoms with Gasteiger partial charge in [-0.05, 0) is 19.3 Å². The zero-order chi connectivity index (χ0) is 13.9. The van der Waals surface area contributed by atoms with Gasteiger partial charge in [0.15, 0.2) is 0 Å². The number of Topliss-reactive ketones (excluding diaryl/α,β-unsaturated/α-hetero) is 1. The Labute approximate surface area is 119 Å². The van der Waals surface area contributed by atoms with E-state index in [0.717, 1.165) is 25.7 Å². The fourth-order valence-corrected chi connectivity index (χ4v) is 3.18. The Morgan fingerprint density at radius 2 is 1.58 bits per heavy atom. The molecule has 2 N–H and O–H groups in total. The molecule has 1 aliphatic carbocycles. The number of ketones is 1. The van der Waals surface area contributed by atoms with Gasteiger partial charge in [0.1, 0.15) is 5.78 Å². The van der Waals surface area contributed by atoms with Crippen LogP contribution in [-0.2, 0) is 4.79 Å². The summed E-state index contributed by atoms with van der Waals surface area (Å²) in [6, 6.07) is 0.138. The molecule has 0 heterocycles. The van der Waals surface area contributed by atoms with Gasteiger partial charge in [-0.3, -0.25) is 4.79 Å². The van der Waals surface area contributed by atoms with Crippen LogP contribution in [0.2, 0.25) is 0 Å². The number of hydrogen-bond acceptors (Lipinski definition) is 2. The topological polar surface area (TPSA) is 43.1 Å².